The van der Waals surface area contributed by atoms with Crippen LogP contribution in [0.4, 0.5) is 0 Å². The highest BCUT2D eigenvalue weighted by molar-refractivity contribution is 7.07. The molecule has 0 N–H and O–H groups in total. The van der Waals surface area contributed by atoms with E-state index in [9.17, 15) is 9.59 Å². The van der Waals surface area contributed by atoms with Gasteiger partial charge in [-0.05, 0) is 60.9 Å². The highest BCUT2D eigenvalue weighted by Gasteiger charge is 2.35. The number of hydrogen-bond donors (Lipinski definition) is 0. The van der Waals surface area contributed by atoms with E-state index in [0.29, 0.717) is 50.3 Å². The summed E-state index contributed by atoms with van der Waals surface area (Å²) in [6, 6.07) is 31.3. The average Bonchev–Trinajstić information content (AvgIpc) is 3.38. The average molecular weight is 651 g/mol. The molecule has 232 valence electrons. The van der Waals surface area contributed by atoms with Gasteiger partial charge in [0, 0.05) is 10.6 Å². The van der Waals surface area contributed by atoms with Crippen LogP contribution >= 0.6 is 22.9 Å². The minimum atomic E-state index is -0.727. The van der Waals surface area contributed by atoms with Crippen LogP contribution in [0.25, 0.3) is 11.8 Å². The number of carbonyl (C=O) groups is 1. The summed E-state index contributed by atoms with van der Waals surface area (Å²) in [6.45, 7) is 4.62. The summed E-state index contributed by atoms with van der Waals surface area (Å²) in [5, 5.41) is 0.641. The summed E-state index contributed by atoms with van der Waals surface area (Å²) in [4.78, 5) is 33.2. The molecule has 6 rings (SSSR count). The van der Waals surface area contributed by atoms with Crippen LogP contribution in [-0.2, 0) is 16.1 Å². The van der Waals surface area contributed by atoms with Gasteiger partial charge in [0.05, 0.1) is 35.1 Å². The number of nitrogens with zero attached hydrogens (tertiary/aromatic N) is 2. The van der Waals surface area contributed by atoms with E-state index >= 15 is 0 Å². The van der Waals surface area contributed by atoms with Gasteiger partial charge in [-0.15, -0.1) is 0 Å². The van der Waals surface area contributed by atoms with E-state index in [0.717, 1.165) is 22.3 Å². The lowest BCUT2D eigenvalue weighted by atomic mass is 9.93. The smallest absolute Gasteiger partial charge is 0.338 e. The highest BCUT2D eigenvalue weighted by atomic mass is 35.5. The minimum absolute atomic E-state index is 0.192. The zero-order valence-corrected chi connectivity index (χ0v) is 26.9. The molecule has 1 aliphatic rings. The van der Waals surface area contributed by atoms with E-state index in [-0.39, 0.29) is 12.2 Å². The Labute approximate surface area is 275 Å². The molecule has 1 aliphatic heterocycles. The molecule has 0 amide bonds. The SMILES string of the molecule is CCOC(=O)C1=C(c2ccccc2)N=c2s/c(=C\c3ccc(OCc4cccc(Cl)c4)c(OCC)c3)c(=O)n2[C@H]1c1ccccc1. The minimum Gasteiger partial charge on any atom is -0.490 e. The van der Waals surface area contributed by atoms with Gasteiger partial charge in [-0.2, -0.15) is 0 Å². The van der Waals surface area contributed by atoms with Crippen LogP contribution in [0.1, 0.15) is 42.1 Å². The Morgan fingerprint density at radius 2 is 1.65 bits per heavy atom. The van der Waals surface area contributed by atoms with E-state index < -0.39 is 12.0 Å². The second kappa shape index (κ2) is 14.0. The van der Waals surface area contributed by atoms with Crippen LogP contribution in [0.5, 0.6) is 11.5 Å². The van der Waals surface area contributed by atoms with E-state index in [2.05, 4.69) is 0 Å². The molecule has 2 heterocycles. The van der Waals surface area contributed by atoms with Gasteiger partial charge in [-0.3, -0.25) is 9.36 Å². The molecule has 0 fully saturated rings. The van der Waals surface area contributed by atoms with E-state index in [1.54, 1.807) is 11.5 Å². The maximum absolute atomic E-state index is 14.2. The quantitative estimate of drug-likeness (QED) is 0.160. The maximum atomic E-state index is 14.2. The van der Waals surface area contributed by atoms with Crippen LogP contribution in [-0.4, -0.2) is 23.8 Å². The molecule has 0 aliphatic carbocycles. The van der Waals surface area contributed by atoms with Crippen molar-refractivity contribution >= 4 is 40.7 Å². The number of esters is 1. The second-order valence-electron chi connectivity index (χ2n) is 10.4. The first-order chi connectivity index (χ1) is 22.5. The Kier molecular flexibility index (Phi) is 9.47. The Balaban J connectivity index is 1.46. The van der Waals surface area contributed by atoms with E-state index in [1.807, 2.05) is 116 Å². The zero-order chi connectivity index (χ0) is 32.0. The summed E-state index contributed by atoms with van der Waals surface area (Å²) >= 11 is 7.40. The molecule has 0 saturated heterocycles. The van der Waals surface area contributed by atoms with Gasteiger partial charge in [-0.25, -0.2) is 9.79 Å². The van der Waals surface area contributed by atoms with Crippen molar-refractivity contribution in [3.05, 3.63) is 156 Å². The summed E-state index contributed by atoms with van der Waals surface area (Å²) in [5.41, 5.74) is 3.78. The third-order valence-electron chi connectivity index (χ3n) is 7.34. The largest absolute Gasteiger partial charge is 0.490 e. The molecule has 0 radical (unpaired) electrons. The van der Waals surface area contributed by atoms with Gasteiger partial charge < -0.3 is 14.2 Å². The van der Waals surface area contributed by atoms with Gasteiger partial charge in [-0.1, -0.05) is 102 Å². The molecule has 1 aromatic heterocycles. The fraction of sp³-hybridized carbons (Fsp3) is 0.162. The van der Waals surface area contributed by atoms with Gasteiger partial charge in [0.25, 0.3) is 5.56 Å². The third-order valence-corrected chi connectivity index (χ3v) is 8.56. The standard InChI is InChI=1S/C37H31ClN2O5S/c1-3-43-30-21-24(18-19-29(30)45-23-25-12-11-17-28(38)20-25)22-31-35(41)40-34(27-15-9-6-10-16-27)32(36(42)44-4-2)33(39-37(40)46-31)26-13-7-5-8-14-26/h5-22,34H,3-4,23H2,1-2H3/b31-22-/t34-/m0/s1. The number of rotatable bonds is 10. The van der Waals surface area contributed by atoms with Crippen molar-refractivity contribution in [2.24, 2.45) is 4.99 Å². The monoisotopic (exact) mass is 650 g/mol. The van der Waals surface area contributed by atoms with E-state index in [4.69, 9.17) is 30.8 Å². The Morgan fingerprint density at radius 3 is 2.37 bits per heavy atom. The van der Waals surface area contributed by atoms with Gasteiger partial charge in [0.15, 0.2) is 16.3 Å². The predicted octanol–water partition coefficient (Wildman–Crippen LogP) is 6.57. The second-order valence-corrected chi connectivity index (χ2v) is 11.8. The third kappa shape index (κ3) is 6.54. The first kappa shape index (κ1) is 31.1. The number of hydrogen-bond acceptors (Lipinski definition) is 7. The Bertz CT molecular complexity index is 2090. The molecule has 0 unspecified atom stereocenters. The van der Waals surface area contributed by atoms with Crippen LogP contribution in [0.2, 0.25) is 5.02 Å². The maximum Gasteiger partial charge on any atom is 0.338 e. The van der Waals surface area contributed by atoms with Crippen LogP contribution in [0.15, 0.2) is 118 Å². The number of fused-ring (bicyclic) bond motifs is 1. The highest BCUT2D eigenvalue weighted by Crippen LogP contribution is 2.35. The van der Waals surface area contributed by atoms with Crippen molar-refractivity contribution in [1.82, 2.24) is 4.57 Å². The molecule has 0 bridgehead atoms. The summed E-state index contributed by atoms with van der Waals surface area (Å²) < 4.78 is 19.6. The van der Waals surface area contributed by atoms with Gasteiger partial charge in [0.2, 0.25) is 0 Å². The fourth-order valence-corrected chi connectivity index (χ4v) is 6.55. The van der Waals surface area contributed by atoms with Crippen LogP contribution in [0, 0.1) is 0 Å². The first-order valence-corrected chi connectivity index (χ1v) is 16.1. The lowest BCUT2D eigenvalue weighted by Gasteiger charge is -2.25. The van der Waals surface area contributed by atoms with Crippen molar-refractivity contribution in [3.63, 3.8) is 0 Å². The number of aromatic nitrogens is 1. The predicted molar refractivity (Wildman–Crippen MR) is 181 cm³/mol. The van der Waals surface area contributed by atoms with Gasteiger partial charge in [0.1, 0.15) is 6.61 Å². The molecule has 46 heavy (non-hydrogen) atoms. The number of halogens is 1. The Hall–Kier alpha value is -4.92. The lowest BCUT2D eigenvalue weighted by molar-refractivity contribution is -0.138. The first-order valence-electron chi connectivity index (χ1n) is 14.9. The summed E-state index contributed by atoms with van der Waals surface area (Å²) in [6.07, 6.45) is 1.81. The van der Waals surface area contributed by atoms with Crippen LogP contribution < -0.4 is 24.4 Å². The molecule has 7 nitrogen and oxygen atoms in total. The van der Waals surface area contributed by atoms with Crippen molar-refractivity contribution < 1.29 is 19.0 Å². The van der Waals surface area contributed by atoms with E-state index in [1.165, 1.54) is 11.3 Å². The zero-order valence-electron chi connectivity index (χ0n) is 25.3. The lowest BCUT2D eigenvalue weighted by Crippen LogP contribution is -2.39. The van der Waals surface area contributed by atoms with Crippen LogP contribution in [0.3, 0.4) is 0 Å². The molecule has 4 aromatic carbocycles. The summed E-state index contributed by atoms with van der Waals surface area (Å²) in [5.74, 6) is 0.628. The van der Waals surface area contributed by atoms with Crippen molar-refractivity contribution in [2.45, 2.75) is 26.5 Å². The molecule has 0 saturated carbocycles. The topological polar surface area (TPSA) is 79.1 Å². The normalized spacial score (nSPS) is 14.4. The molecule has 5 aromatic rings. The molecule has 9 heteroatoms. The molecular weight excluding hydrogens is 620 g/mol. The number of thiazole rings is 1. The number of ether oxygens (including phenoxy) is 3. The van der Waals surface area contributed by atoms with Crippen molar-refractivity contribution in [1.29, 1.82) is 0 Å². The number of carbonyl (C=O) groups excluding carboxylic acids is 1. The number of benzene rings is 4. The van der Waals surface area contributed by atoms with Crippen molar-refractivity contribution in [2.75, 3.05) is 13.2 Å². The molecule has 0 spiro atoms. The molecular formula is C37H31ClN2O5S. The fourth-order valence-electron chi connectivity index (χ4n) is 5.33. The Morgan fingerprint density at radius 1 is 0.891 bits per heavy atom. The summed E-state index contributed by atoms with van der Waals surface area (Å²) in [7, 11) is 0. The molecule has 1 atom stereocenters. The van der Waals surface area contributed by atoms with Gasteiger partial charge >= 0.3 is 5.97 Å². The van der Waals surface area contributed by atoms with Crippen molar-refractivity contribution in [3.8, 4) is 11.5 Å².